The summed E-state index contributed by atoms with van der Waals surface area (Å²) in [7, 11) is 0. The molecule has 3 nitrogen and oxygen atoms in total. The molecule has 3 rings (SSSR count). The van der Waals surface area contributed by atoms with Crippen LogP contribution in [0.4, 0.5) is 0 Å². The van der Waals surface area contributed by atoms with E-state index in [1.165, 1.54) is 0 Å². The van der Waals surface area contributed by atoms with Crippen molar-refractivity contribution in [2.24, 2.45) is 0 Å². The number of benzene rings is 1. The second-order valence-electron chi connectivity index (χ2n) is 3.99. The van der Waals surface area contributed by atoms with Crippen molar-refractivity contribution in [3.05, 3.63) is 51.6 Å². The fourth-order valence-electron chi connectivity index (χ4n) is 1.89. The molecule has 3 aromatic rings. The molecule has 0 saturated heterocycles. The number of pyridine rings is 1. The molecule has 0 amide bonds. The number of aryl methyl sites for hydroxylation is 1. The van der Waals surface area contributed by atoms with Gasteiger partial charge >= 0.3 is 0 Å². The summed E-state index contributed by atoms with van der Waals surface area (Å²) in [5, 5.41) is 9.13. The molecule has 0 atom stereocenters. The van der Waals surface area contributed by atoms with Gasteiger partial charge in [-0.1, -0.05) is 39.7 Å². The smallest absolute Gasteiger partial charge is 0.169 e. The van der Waals surface area contributed by atoms with Crippen LogP contribution in [-0.2, 0) is 0 Å². The number of hydrogen-bond acceptors (Lipinski definition) is 2. The number of fused-ring (bicyclic) bond motifs is 1. The second kappa shape index (κ2) is 4.37. The highest BCUT2D eigenvalue weighted by molar-refractivity contribution is 9.10. The van der Waals surface area contributed by atoms with Crippen LogP contribution in [0.15, 0.2) is 41.0 Å². The quantitative estimate of drug-likeness (QED) is 0.674. The van der Waals surface area contributed by atoms with E-state index in [1.807, 2.05) is 47.9 Å². The Morgan fingerprint density at radius 3 is 2.72 bits per heavy atom. The number of aromatic nitrogens is 3. The Bertz CT molecular complexity index is 736. The molecule has 0 saturated carbocycles. The lowest BCUT2D eigenvalue weighted by Crippen LogP contribution is -1.92. The number of halogens is 2. The van der Waals surface area contributed by atoms with Crippen LogP contribution in [0, 0.1) is 6.92 Å². The molecular formula is C13H9BrClN3. The van der Waals surface area contributed by atoms with E-state index >= 15 is 0 Å². The Kier molecular flexibility index (Phi) is 2.84. The van der Waals surface area contributed by atoms with Crippen LogP contribution >= 0.6 is 27.5 Å². The van der Waals surface area contributed by atoms with Crippen LogP contribution in [0.25, 0.3) is 17.0 Å². The molecule has 2 aromatic heterocycles. The van der Waals surface area contributed by atoms with E-state index in [0.717, 1.165) is 27.1 Å². The Hall–Kier alpha value is -1.39. The molecule has 0 aliphatic carbocycles. The maximum atomic E-state index is 6.20. The average molecular weight is 323 g/mol. The van der Waals surface area contributed by atoms with Crippen molar-refractivity contribution in [3.8, 4) is 11.4 Å². The topological polar surface area (TPSA) is 30.2 Å². The summed E-state index contributed by atoms with van der Waals surface area (Å²) >= 11 is 9.69. The first-order chi connectivity index (χ1) is 8.68. The Morgan fingerprint density at radius 2 is 1.94 bits per heavy atom. The summed E-state index contributed by atoms with van der Waals surface area (Å²) in [5.41, 5.74) is 2.77. The van der Waals surface area contributed by atoms with Crippen LogP contribution in [0.3, 0.4) is 0 Å². The zero-order valence-electron chi connectivity index (χ0n) is 9.56. The van der Waals surface area contributed by atoms with Gasteiger partial charge in [0.1, 0.15) is 0 Å². The largest absolute Gasteiger partial charge is 0.282 e. The maximum Gasteiger partial charge on any atom is 0.169 e. The molecule has 5 heteroatoms. The Balaban J connectivity index is 2.32. The van der Waals surface area contributed by atoms with Crippen LogP contribution in [0.2, 0.25) is 5.02 Å². The van der Waals surface area contributed by atoms with Crippen molar-refractivity contribution in [2.75, 3.05) is 0 Å². The molecule has 0 spiro atoms. The molecule has 0 aliphatic rings. The van der Waals surface area contributed by atoms with Gasteiger partial charge in [0.2, 0.25) is 0 Å². The first kappa shape index (κ1) is 11.7. The molecule has 0 fully saturated rings. The summed E-state index contributed by atoms with van der Waals surface area (Å²) in [6.45, 7) is 2.00. The number of nitrogens with zero attached hydrogens (tertiary/aromatic N) is 3. The standard InChI is InChI=1S/C13H9BrClN3/c1-8-10(14)6-7-18-12(8)16-17-13(18)9-4-2-3-5-11(9)15/h2-7H,1H3. The van der Waals surface area contributed by atoms with Crippen molar-refractivity contribution in [2.45, 2.75) is 6.92 Å². The first-order valence-corrected chi connectivity index (χ1v) is 6.60. The number of rotatable bonds is 1. The lowest BCUT2D eigenvalue weighted by Gasteiger charge is -2.04. The molecule has 2 heterocycles. The van der Waals surface area contributed by atoms with E-state index in [1.54, 1.807) is 0 Å². The third-order valence-corrected chi connectivity index (χ3v) is 4.06. The van der Waals surface area contributed by atoms with Crippen molar-refractivity contribution >= 4 is 33.2 Å². The van der Waals surface area contributed by atoms with Crippen molar-refractivity contribution in [1.82, 2.24) is 14.6 Å². The molecular weight excluding hydrogens is 314 g/mol. The monoisotopic (exact) mass is 321 g/mol. The molecule has 1 aromatic carbocycles. The molecule has 90 valence electrons. The second-order valence-corrected chi connectivity index (χ2v) is 5.25. The SMILES string of the molecule is Cc1c(Br)ccn2c(-c3ccccc3Cl)nnc12. The van der Waals surface area contributed by atoms with Crippen molar-refractivity contribution in [3.63, 3.8) is 0 Å². The van der Waals surface area contributed by atoms with Crippen molar-refractivity contribution < 1.29 is 0 Å². The van der Waals surface area contributed by atoms with Gasteiger partial charge in [0.25, 0.3) is 0 Å². The molecule has 0 bridgehead atoms. The van der Waals surface area contributed by atoms with Gasteiger partial charge in [-0.15, -0.1) is 10.2 Å². The number of hydrogen-bond donors (Lipinski definition) is 0. The van der Waals surface area contributed by atoms with Crippen LogP contribution in [0.5, 0.6) is 0 Å². The van der Waals surface area contributed by atoms with Crippen LogP contribution < -0.4 is 0 Å². The lowest BCUT2D eigenvalue weighted by atomic mass is 10.2. The lowest BCUT2D eigenvalue weighted by molar-refractivity contribution is 1.11. The predicted octanol–water partition coefficient (Wildman–Crippen LogP) is 4.12. The summed E-state index contributed by atoms with van der Waals surface area (Å²) in [6.07, 6.45) is 1.94. The molecule has 18 heavy (non-hydrogen) atoms. The summed E-state index contributed by atoms with van der Waals surface area (Å²) < 4.78 is 2.97. The van der Waals surface area contributed by atoms with Crippen LogP contribution in [-0.4, -0.2) is 14.6 Å². The Labute approximate surface area is 118 Å². The zero-order valence-corrected chi connectivity index (χ0v) is 11.9. The van der Waals surface area contributed by atoms with E-state index in [4.69, 9.17) is 11.6 Å². The van der Waals surface area contributed by atoms with E-state index in [2.05, 4.69) is 26.1 Å². The summed E-state index contributed by atoms with van der Waals surface area (Å²) in [6, 6.07) is 9.61. The molecule has 0 N–H and O–H groups in total. The van der Waals surface area contributed by atoms with Gasteiger partial charge in [-0.05, 0) is 25.1 Å². The van der Waals surface area contributed by atoms with E-state index < -0.39 is 0 Å². The summed E-state index contributed by atoms with van der Waals surface area (Å²) in [4.78, 5) is 0. The average Bonchev–Trinajstić information content (AvgIpc) is 2.79. The van der Waals surface area contributed by atoms with E-state index in [9.17, 15) is 0 Å². The van der Waals surface area contributed by atoms with Crippen molar-refractivity contribution in [1.29, 1.82) is 0 Å². The zero-order chi connectivity index (χ0) is 12.7. The fraction of sp³-hybridized carbons (Fsp3) is 0.0769. The molecule has 0 unspecified atom stereocenters. The minimum absolute atomic E-state index is 0.673. The van der Waals surface area contributed by atoms with E-state index in [0.29, 0.717) is 5.02 Å². The molecule has 0 aliphatic heterocycles. The highest BCUT2D eigenvalue weighted by Gasteiger charge is 2.13. The third kappa shape index (κ3) is 1.72. The highest BCUT2D eigenvalue weighted by Crippen LogP contribution is 2.28. The Morgan fingerprint density at radius 1 is 1.17 bits per heavy atom. The highest BCUT2D eigenvalue weighted by atomic mass is 79.9. The minimum atomic E-state index is 0.673. The van der Waals surface area contributed by atoms with Gasteiger partial charge < -0.3 is 0 Å². The molecule has 0 radical (unpaired) electrons. The van der Waals surface area contributed by atoms with Gasteiger partial charge in [0.05, 0.1) is 5.02 Å². The predicted molar refractivity (Wildman–Crippen MR) is 75.9 cm³/mol. The van der Waals surface area contributed by atoms with Gasteiger partial charge in [0, 0.05) is 21.8 Å². The van der Waals surface area contributed by atoms with E-state index in [-0.39, 0.29) is 0 Å². The van der Waals surface area contributed by atoms with Gasteiger partial charge in [-0.3, -0.25) is 4.40 Å². The summed E-state index contributed by atoms with van der Waals surface area (Å²) in [5.74, 6) is 0.756. The minimum Gasteiger partial charge on any atom is -0.282 e. The normalized spacial score (nSPS) is 11.1. The van der Waals surface area contributed by atoms with Gasteiger partial charge in [0.15, 0.2) is 11.5 Å². The maximum absolute atomic E-state index is 6.20. The van der Waals surface area contributed by atoms with Gasteiger partial charge in [-0.2, -0.15) is 0 Å². The first-order valence-electron chi connectivity index (χ1n) is 5.43. The fourth-order valence-corrected chi connectivity index (χ4v) is 2.40. The third-order valence-electron chi connectivity index (χ3n) is 2.87. The van der Waals surface area contributed by atoms with Gasteiger partial charge in [-0.25, -0.2) is 0 Å². The van der Waals surface area contributed by atoms with Crippen LogP contribution in [0.1, 0.15) is 5.56 Å².